The number of ketones is 1. The van der Waals surface area contributed by atoms with Crippen LogP contribution in [0.4, 0.5) is 0 Å². The number of hydrogen-bond acceptors (Lipinski definition) is 4. The van der Waals surface area contributed by atoms with E-state index in [-0.39, 0.29) is 11.8 Å². The topological polar surface area (TPSA) is 55.4 Å². The number of ether oxygens (including phenoxy) is 1. The maximum atomic E-state index is 12.9. The van der Waals surface area contributed by atoms with Crippen LogP contribution in [-0.4, -0.2) is 18.4 Å². The normalized spacial score (nSPS) is 20.0. The van der Waals surface area contributed by atoms with Crippen LogP contribution in [0.3, 0.4) is 0 Å². The molecule has 1 aliphatic carbocycles. The number of dihydropyridines is 1. The predicted octanol–water partition coefficient (Wildman–Crippen LogP) is 4.65. The molecular weight excluding hydrogens is 350 g/mol. The molecule has 1 N–H and O–H groups in total. The Kier molecular flexibility index (Phi) is 5.82. The number of hydrogen-bond donors (Lipinski definition) is 1. The number of carbonyl (C=O) groups is 2. The Bertz CT molecular complexity index is 794. The van der Waals surface area contributed by atoms with E-state index in [1.54, 1.807) is 6.07 Å². The van der Waals surface area contributed by atoms with Crippen LogP contribution in [0.15, 0.2) is 46.8 Å². The third-order valence-electron chi connectivity index (χ3n) is 4.94. The molecule has 0 spiro atoms. The highest BCUT2D eigenvalue weighted by molar-refractivity contribution is 6.31. The van der Waals surface area contributed by atoms with Gasteiger partial charge in [-0.05, 0) is 37.8 Å². The lowest BCUT2D eigenvalue weighted by atomic mass is 9.75. The summed E-state index contributed by atoms with van der Waals surface area (Å²) in [6.07, 6.45) is 3.89. The molecule has 0 saturated carbocycles. The Balaban J connectivity index is 2.07. The maximum Gasteiger partial charge on any atom is 0.336 e. The van der Waals surface area contributed by atoms with E-state index in [9.17, 15) is 9.59 Å². The number of benzene rings is 1. The number of allylic oxidation sites excluding steroid dienone is 3. The van der Waals surface area contributed by atoms with E-state index in [0.717, 1.165) is 42.6 Å². The molecule has 4 nitrogen and oxygen atoms in total. The molecule has 0 fully saturated rings. The zero-order chi connectivity index (χ0) is 18.7. The number of nitrogens with one attached hydrogen (secondary N) is 1. The molecule has 0 bridgehead atoms. The number of esters is 1. The second kappa shape index (κ2) is 8.09. The van der Waals surface area contributed by atoms with Crippen molar-refractivity contribution in [3.8, 4) is 0 Å². The van der Waals surface area contributed by atoms with Crippen molar-refractivity contribution in [2.24, 2.45) is 0 Å². The lowest BCUT2D eigenvalue weighted by Gasteiger charge is -2.34. The minimum absolute atomic E-state index is 0.0787. The van der Waals surface area contributed by atoms with Crippen LogP contribution in [-0.2, 0) is 14.3 Å². The fraction of sp³-hybridized carbons (Fsp3) is 0.429. The van der Waals surface area contributed by atoms with E-state index in [1.165, 1.54) is 0 Å². The average molecular weight is 374 g/mol. The predicted molar refractivity (Wildman–Crippen MR) is 102 cm³/mol. The summed E-state index contributed by atoms with van der Waals surface area (Å²) in [6.45, 7) is 4.29. The Morgan fingerprint density at radius 3 is 2.81 bits per heavy atom. The quantitative estimate of drug-likeness (QED) is 0.602. The maximum absolute atomic E-state index is 12.9. The minimum atomic E-state index is -0.470. The summed E-state index contributed by atoms with van der Waals surface area (Å²) in [5.41, 5.74) is 3.58. The number of halogens is 1. The van der Waals surface area contributed by atoms with Crippen molar-refractivity contribution >= 4 is 23.4 Å². The fourth-order valence-electron chi connectivity index (χ4n) is 3.66. The molecule has 0 aromatic heterocycles. The zero-order valence-electron chi connectivity index (χ0n) is 15.2. The van der Waals surface area contributed by atoms with Crippen molar-refractivity contribution in [1.82, 2.24) is 5.32 Å². The van der Waals surface area contributed by atoms with Gasteiger partial charge in [-0.1, -0.05) is 43.1 Å². The van der Waals surface area contributed by atoms with Gasteiger partial charge >= 0.3 is 5.97 Å². The van der Waals surface area contributed by atoms with Gasteiger partial charge in [-0.3, -0.25) is 4.79 Å². The molecule has 1 atom stereocenters. The van der Waals surface area contributed by atoms with E-state index in [2.05, 4.69) is 5.32 Å². The van der Waals surface area contributed by atoms with Crippen LogP contribution in [0.1, 0.15) is 57.4 Å². The summed E-state index contributed by atoms with van der Waals surface area (Å²) in [5, 5.41) is 3.84. The highest BCUT2D eigenvalue weighted by Crippen LogP contribution is 2.44. The minimum Gasteiger partial charge on any atom is -0.462 e. The van der Waals surface area contributed by atoms with Gasteiger partial charge in [0.05, 0.1) is 12.2 Å². The lowest BCUT2D eigenvalue weighted by Crippen LogP contribution is -2.34. The molecular formula is C21H24ClNO3. The first-order valence-electron chi connectivity index (χ1n) is 9.20. The molecule has 138 valence electrons. The zero-order valence-corrected chi connectivity index (χ0v) is 16.0. The molecule has 1 heterocycles. The van der Waals surface area contributed by atoms with Gasteiger partial charge in [0.2, 0.25) is 0 Å². The standard InChI is InChI=1S/C21H24ClNO3/c1-3-4-12-26-21(25)18-13(2)23-16-10-7-11-17(24)20(16)19(18)14-8-5-6-9-15(14)22/h5-6,8-9,19,23H,3-4,7,10-12H2,1-2H3/t19-/m0/s1. The van der Waals surface area contributed by atoms with E-state index < -0.39 is 5.92 Å². The Hall–Kier alpha value is -2.07. The summed E-state index contributed by atoms with van der Waals surface area (Å²) < 4.78 is 5.49. The fourth-order valence-corrected chi connectivity index (χ4v) is 3.91. The van der Waals surface area contributed by atoms with Crippen LogP contribution in [0.5, 0.6) is 0 Å². The van der Waals surface area contributed by atoms with Gasteiger partial charge in [-0.25, -0.2) is 4.79 Å². The van der Waals surface area contributed by atoms with Gasteiger partial charge < -0.3 is 10.1 Å². The molecule has 1 aromatic rings. The van der Waals surface area contributed by atoms with Gasteiger partial charge in [0.1, 0.15) is 0 Å². The van der Waals surface area contributed by atoms with Gasteiger partial charge in [-0.2, -0.15) is 0 Å². The van der Waals surface area contributed by atoms with E-state index >= 15 is 0 Å². The molecule has 2 aliphatic rings. The van der Waals surface area contributed by atoms with Crippen LogP contribution >= 0.6 is 11.6 Å². The van der Waals surface area contributed by atoms with E-state index in [4.69, 9.17) is 16.3 Å². The first-order valence-corrected chi connectivity index (χ1v) is 9.58. The summed E-state index contributed by atoms with van der Waals surface area (Å²) in [7, 11) is 0. The van der Waals surface area contributed by atoms with Crippen molar-refractivity contribution in [3.63, 3.8) is 0 Å². The van der Waals surface area contributed by atoms with Gasteiger partial charge in [0.15, 0.2) is 5.78 Å². The van der Waals surface area contributed by atoms with Crippen molar-refractivity contribution < 1.29 is 14.3 Å². The largest absolute Gasteiger partial charge is 0.462 e. The third kappa shape index (κ3) is 3.56. The molecule has 1 aromatic carbocycles. The van der Waals surface area contributed by atoms with Gasteiger partial charge in [0.25, 0.3) is 0 Å². The van der Waals surface area contributed by atoms with Crippen molar-refractivity contribution in [2.75, 3.05) is 6.61 Å². The Morgan fingerprint density at radius 1 is 1.31 bits per heavy atom. The van der Waals surface area contributed by atoms with Gasteiger partial charge in [-0.15, -0.1) is 0 Å². The number of carbonyl (C=O) groups excluding carboxylic acids is 2. The molecule has 0 unspecified atom stereocenters. The van der Waals surface area contributed by atoms with Crippen LogP contribution in [0.25, 0.3) is 0 Å². The number of Topliss-reactive ketones (excluding diaryl/α,β-unsaturated/α-hetero) is 1. The Labute approximate surface area is 159 Å². The summed E-state index contributed by atoms with van der Waals surface area (Å²) >= 11 is 6.45. The smallest absolute Gasteiger partial charge is 0.336 e. The van der Waals surface area contributed by atoms with Crippen molar-refractivity contribution in [1.29, 1.82) is 0 Å². The van der Waals surface area contributed by atoms with Gasteiger partial charge in [0, 0.05) is 34.3 Å². The molecule has 3 rings (SSSR count). The summed E-state index contributed by atoms with van der Waals surface area (Å²) in [5.74, 6) is -0.768. The average Bonchev–Trinajstić information content (AvgIpc) is 2.61. The molecule has 5 heteroatoms. The molecule has 0 radical (unpaired) electrons. The van der Waals surface area contributed by atoms with Crippen molar-refractivity contribution in [3.05, 3.63) is 57.4 Å². The van der Waals surface area contributed by atoms with E-state index in [1.807, 2.05) is 32.0 Å². The molecule has 0 amide bonds. The van der Waals surface area contributed by atoms with Crippen LogP contribution in [0, 0.1) is 0 Å². The number of rotatable bonds is 5. The first kappa shape index (κ1) is 18.7. The Morgan fingerprint density at radius 2 is 2.08 bits per heavy atom. The highest BCUT2D eigenvalue weighted by Gasteiger charge is 2.39. The van der Waals surface area contributed by atoms with Crippen molar-refractivity contribution in [2.45, 2.75) is 51.9 Å². The summed E-state index contributed by atoms with van der Waals surface area (Å²) in [6, 6.07) is 7.41. The summed E-state index contributed by atoms with van der Waals surface area (Å²) in [4.78, 5) is 25.6. The molecule has 0 saturated heterocycles. The second-order valence-corrected chi connectivity index (χ2v) is 7.18. The van der Waals surface area contributed by atoms with Crippen LogP contribution in [0.2, 0.25) is 5.02 Å². The highest BCUT2D eigenvalue weighted by atomic mass is 35.5. The SMILES string of the molecule is CCCCOC(=O)C1=C(C)NC2=C(C(=O)CCC2)[C@H]1c1ccccc1Cl. The lowest BCUT2D eigenvalue weighted by molar-refractivity contribution is -0.139. The van der Waals surface area contributed by atoms with E-state index in [0.29, 0.717) is 29.2 Å². The first-order chi connectivity index (χ1) is 12.5. The number of unbranched alkanes of at least 4 members (excludes halogenated alkanes) is 1. The third-order valence-corrected chi connectivity index (χ3v) is 5.29. The molecule has 1 aliphatic heterocycles. The second-order valence-electron chi connectivity index (χ2n) is 6.78. The molecule has 26 heavy (non-hydrogen) atoms. The monoisotopic (exact) mass is 373 g/mol. The van der Waals surface area contributed by atoms with Crippen LogP contribution < -0.4 is 5.32 Å².